The molecule has 2 aromatic carbocycles. The second kappa shape index (κ2) is 10.2. The number of aryl methyl sites for hydroxylation is 1. The zero-order chi connectivity index (χ0) is 25.4. The van der Waals surface area contributed by atoms with Crippen LogP contribution in [0.3, 0.4) is 0 Å². The molecule has 0 atom stereocenters. The van der Waals surface area contributed by atoms with Gasteiger partial charge in [-0.15, -0.1) is 0 Å². The lowest BCUT2D eigenvalue weighted by Crippen LogP contribution is -2.37. The molecular formula is C27H29Cl2N5O2. The molecule has 7 nitrogen and oxygen atoms in total. The number of hydrogen-bond donors (Lipinski definition) is 0. The van der Waals surface area contributed by atoms with E-state index < -0.39 is 5.69 Å². The molecule has 188 valence electrons. The monoisotopic (exact) mass is 525 g/mol. The van der Waals surface area contributed by atoms with E-state index in [0.717, 1.165) is 48.3 Å². The average molecular weight is 526 g/mol. The van der Waals surface area contributed by atoms with Crippen molar-refractivity contribution in [1.82, 2.24) is 23.6 Å². The summed E-state index contributed by atoms with van der Waals surface area (Å²) < 4.78 is 4.42. The summed E-state index contributed by atoms with van der Waals surface area (Å²) >= 11 is 13.0. The van der Waals surface area contributed by atoms with E-state index in [0.29, 0.717) is 40.2 Å². The van der Waals surface area contributed by atoms with Gasteiger partial charge in [0.2, 0.25) is 0 Å². The van der Waals surface area contributed by atoms with E-state index >= 15 is 0 Å². The number of aromatic nitrogens is 4. The zero-order valence-corrected chi connectivity index (χ0v) is 22.0. The number of hydrogen-bond acceptors (Lipinski definition) is 4. The molecule has 3 heterocycles. The summed E-state index contributed by atoms with van der Waals surface area (Å²) in [5, 5.41) is 1.05. The van der Waals surface area contributed by atoms with Gasteiger partial charge in [0, 0.05) is 29.7 Å². The highest BCUT2D eigenvalue weighted by Gasteiger charge is 2.25. The van der Waals surface area contributed by atoms with E-state index in [-0.39, 0.29) is 5.56 Å². The van der Waals surface area contributed by atoms with Gasteiger partial charge in [-0.3, -0.25) is 18.8 Å². The van der Waals surface area contributed by atoms with Crippen LogP contribution in [0.5, 0.6) is 0 Å². The molecular weight excluding hydrogens is 497 g/mol. The average Bonchev–Trinajstić information content (AvgIpc) is 3.23. The number of fused-ring (bicyclic) bond motifs is 1. The molecule has 1 aliphatic rings. The second-order valence-corrected chi connectivity index (χ2v) is 10.4. The molecule has 4 aromatic rings. The molecule has 2 aromatic heterocycles. The zero-order valence-electron chi connectivity index (χ0n) is 20.5. The van der Waals surface area contributed by atoms with Gasteiger partial charge in [0.25, 0.3) is 5.56 Å². The summed E-state index contributed by atoms with van der Waals surface area (Å²) in [6.07, 6.45) is 3.30. The van der Waals surface area contributed by atoms with Crippen molar-refractivity contribution in [2.75, 3.05) is 13.1 Å². The maximum absolute atomic E-state index is 13.2. The number of imidazole rings is 1. The quantitative estimate of drug-likeness (QED) is 0.377. The number of piperidine rings is 1. The van der Waals surface area contributed by atoms with E-state index in [2.05, 4.69) is 35.2 Å². The molecule has 0 saturated carbocycles. The van der Waals surface area contributed by atoms with Crippen molar-refractivity contribution in [1.29, 1.82) is 0 Å². The molecule has 0 amide bonds. The molecule has 5 rings (SSSR count). The standard InChI is InChI=1S/C27H29Cl2N5O2/c1-31-25-24(26(35)32(2)27(31)36)34(16-20-21(28)9-6-10-22(20)29)23(30-25)17-33-13-11-19(12-14-33)15-18-7-4-3-5-8-18/h3-10,19H,11-17H2,1-2H3. The Bertz CT molecular complexity index is 1500. The number of likely N-dealkylation sites (tertiary alicyclic amines) is 1. The number of halogens is 2. The molecule has 1 fully saturated rings. The van der Waals surface area contributed by atoms with E-state index in [1.165, 1.54) is 17.2 Å². The summed E-state index contributed by atoms with van der Waals surface area (Å²) in [6.45, 7) is 2.77. The van der Waals surface area contributed by atoms with Crippen LogP contribution < -0.4 is 11.2 Å². The molecule has 36 heavy (non-hydrogen) atoms. The van der Waals surface area contributed by atoms with Gasteiger partial charge in [-0.25, -0.2) is 9.78 Å². The van der Waals surface area contributed by atoms with Crippen LogP contribution in [0, 0.1) is 5.92 Å². The molecule has 0 bridgehead atoms. The highest BCUT2D eigenvalue weighted by molar-refractivity contribution is 6.36. The van der Waals surface area contributed by atoms with Crippen molar-refractivity contribution >= 4 is 34.4 Å². The largest absolute Gasteiger partial charge is 0.332 e. The predicted octanol–water partition coefficient (Wildman–Crippen LogP) is 4.24. The van der Waals surface area contributed by atoms with Gasteiger partial charge in [-0.2, -0.15) is 0 Å². The maximum Gasteiger partial charge on any atom is 0.332 e. The first-order valence-electron chi connectivity index (χ1n) is 12.2. The second-order valence-electron chi connectivity index (χ2n) is 9.60. The minimum Gasteiger partial charge on any atom is -0.316 e. The molecule has 1 aliphatic heterocycles. The Morgan fingerprint density at radius 2 is 1.56 bits per heavy atom. The maximum atomic E-state index is 13.2. The van der Waals surface area contributed by atoms with Gasteiger partial charge in [0.05, 0.1) is 13.1 Å². The number of benzene rings is 2. The van der Waals surface area contributed by atoms with E-state index in [9.17, 15) is 9.59 Å². The molecule has 0 unspecified atom stereocenters. The predicted molar refractivity (Wildman–Crippen MR) is 144 cm³/mol. The molecule has 0 spiro atoms. The molecule has 0 radical (unpaired) electrons. The van der Waals surface area contributed by atoms with Crippen molar-refractivity contribution in [2.45, 2.75) is 32.4 Å². The summed E-state index contributed by atoms with van der Waals surface area (Å²) in [4.78, 5) is 33.0. The lowest BCUT2D eigenvalue weighted by Gasteiger charge is -2.32. The Balaban J connectivity index is 1.46. The Kier molecular flexibility index (Phi) is 7.06. The van der Waals surface area contributed by atoms with Crippen LogP contribution in [0.4, 0.5) is 0 Å². The fourth-order valence-electron chi connectivity index (χ4n) is 5.12. The van der Waals surface area contributed by atoms with Crippen molar-refractivity contribution < 1.29 is 0 Å². The summed E-state index contributed by atoms with van der Waals surface area (Å²) in [5.74, 6) is 1.37. The highest BCUT2D eigenvalue weighted by Crippen LogP contribution is 2.28. The smallest absolute Gasteiger partial charge is 0.316 e. The molecule has 0 aliphatic carbocycles. The van der Waals surface area contributed by atoms with Crippen LogP contribution in [0.2, 0.25) is 10.0 Å². The normalized spacial score (nSPS) is 15.1. The van der Waals surface area contributed by atoms with Gasteiger partial charge < -0.3 is 4.57 Å². The van der Waals surface area contributed by atoms with Gasteiger partial charge in [0.1, 0.15) is 5.82 Å². The number of rotatable bonds is 6. The number of nitrogens with zero attached hydrogens (tertiary/aromatic N) is 5. The molecule has 9 heteroatoms. The Morgan fingerprint density at radius 1 is 0.889 bits per heavy atom. The van der Waals surface area contributed by atoms with E-state index in [4.69, 9.17) is 28.2 Å². The van der Waals surface area contributed by atoms with Crippen LogP contribution in [0.25, 0.3) is 11.2 Å². The Hall–Kier alpha value is -2.87. The minimum absolute atomic E-state index is 0.294. The first-order chi connectivity index (χ1) is 17.3. The van der Waals surface area contributed by atoms with E-state index in [1.807, 2.05) is 4.57 Å². The highest BCUT2D eigenvalue weighted by atomic mass is 35.5. The van der Waals surface area contributed by atoms with Gasteiger partial charge >= 0.3 is 5.69 Å². The third kappa shape index (κ3) is 4.75. The first kappa shape index (κ1) is 24.8. The lowest BCUT2D eigenvalue weighted by atomic mass is 9.90. The topological polar surface area (TPSA) is 65.1 Å². The van der Waals surface area contributed by atoms with Crippen molar-refractivity contribution in [3.05, 3.63) is 96.4 Å². The van der Waals surface area contributed by atoms with Crippen molar-refractivity contribution in [3.8, 4) is 0 Å². The van der Waals surface area contributed by atoms with Gasteiger partial charge in [-0.05, 0) is 56.0 Å². The van der Waals surface area contributed by atoms with Crippen molar-refractivity contribution in [3.63, 3.8) is 0 Å². The summed E-state index contributed by atoms with van der Waals surface area (Å²) in [6, 6.07) is 16.0. The minimum atomic E-state index is -0.402. The fourth-order valence-corrected chi connectivity index (χ4v) is 5.64. The summed E-state index contributed by atoms with van der Waals surface area (Å²) in [7, 11) is 3.13. The lowest BCUT2D eigenvalue weighted by molar-refractivity contribution is 0.172. The SMILES string of the molecule is Cn1c(=O)c2c(nc(CN3CCC(Cc4ccccc4)CC3)n2Cc2c(Cl)cccc2Cl)n(C)c1=O. The van der Waals surface area contributed by atoms with Crippen LogP contribution in [-0.4, -0.2) is 36.7 Å². The Morgan fingerprint density at radius 3 is 2.22 bits per heavy atom. The van der Waals surface area contributed by atoms with Gasteiger partial charge in [0.15, 0.2) is 11.2 Å². The van der Waals surface area contributed by atoms with Crippen molar-refractivity contribution in [2.24, 2.45) is 20.0 Å². The first-order valence-corrected chi connectivity index (χ1v) is 12.9. The summed E-state index contributed by atoms with van der Waals surface area (Å²) in [5.41, 5.74) is 2.08. The van der Waals surface area contributed by atoms with Crippen LogP contribution in [0.1, 0.15) is 29.8 Å². The van der Waals surface area contributed by atoms with Crippen LogP contribution in [0.15, 0.2) is 58.1 Å². The third-order valence-electron chi connectivity index (χ3n) is 7.24. The fraction of sp³-hybridized carbons (Fsp3) is 0.370. The van der Waals surface area contributed by atoms with E-state index in [1.54, 1.807) is 25.2 Å². The molecule has 1 saturated heterocycles. The van der Waals surface area contributed by atoms with Crippen LogP contribution in [-0.2, 0) is 33.6 Å². The third-order valence-corrected chi connectivity index (χ3v) is 7.95. The Labute approximate surface area is 219 Å². The van der Waals surface area contributed by atoms with Crippen LogP contribution >= 0.6 is 23.2 Å². The molecule has 0 N–H and O–H groups in total. The van der Waals surface area contributed by atoms with Gasteiger partial charge in [-0.1, -0.05) is 59.6 Å².